The second-order valence-electron chi connectivity index (χ2n) is 4.82. The topological polar surface area (TPSA) is 29.1 Å². The van der Waals surface area contributed by atoms with Crippen molar-refractivity contribution in [3.63, 3.8) is 0 Å². The number of rotatable bonds is 2. The highest BCUT2D eigenvalue weighted by molar-refractivity contribution is 5.99. The van der Waals surface area contributed by atoms with E-state index in [1.54, 1.807) is 6.08 Å². The van der Waals surface area contributed by atoms with Gasteiger partial charge in [-0.1, -0.05) is 39.0 Å². The van der Waals surface area contributed by atoms with E-state index < -0.39 is 0 Å². The summed E-state index contributed by atoms with van der Waals surface area (Å²) >= 11 is 0. The van der Waals surface area contributed by atoms with Crippen LogP contribution in [0.3, 0.4) is 0 Å². The molecule has 0 atom stereocenters. The molecule has 0 aliphatic rings. The Morgan fingerprint density at radius 3 is 2.56 bits per heavy atom. The fourth-order valence-corrected chi connectivity index (χ4v) is 1.40. The molecule has 0 unspecified atom stereocenters. The Balaban J connectivity index is 2.87. The maximum atomic E-state index is 11.4. The molecule has 0 aliphatic carbocycles. The molecule has 1 amide bonds. The van der Waals surface area contributed by atoms with Crippen LogP contribution in [-0.4, -0.2) is 5.91 Å². The summed E-state index contributed by atoms with van der Waals surface area (Å²) in [5.41, 5.74) is 2.16. The predicted octanol–water partition coefficient (Wildman–Crippen LogP) is 3.50. The van der Waals surface area contributed by atoms with E-state index in [2.05, 4.69) is 32.2 Å². The van der Waals surface area contributed by atoms with Crippen LogP contribution in [0.4, 0.5) is 5.69 Å². The van der Waals surface area contributed by atoms with E-state index in [4.69, 9.17) is 0 Å². The summed E-state index contributed by atoms with van der Waals surface area (Å²) in [4.78, 5) is 11.4. The van der Waals surface area contributed by atoms with Crippen LogP contribution in [0.5, 0.6) is 0 Å². The second kappa shape index (κ2) is 4.97. The Bertz CT molecular complexity index is 399. The Hall–Kier alpha value is -1.57. The predicted molar refractivity (Wildman–Crippen MR) is 68.6 cm³/mol. The highest BCUT2D eigenvalue weighted by atomic mass is 16.1. The number of hydrogen-bond acceptors (Lipinski definition) is 1. The van der Waals surface area contributed by atoms with Crippen LogP contribution in [0, 0.1) is 0 Å². The molecule has 0 aromatic heterocycles. The van der Waals surface area contributed by atoms with Gasteiger partial charge in [-0.15, -0.1) is 0 Å². The molecule has 0 radical (unpaired) electrons. The van der Waals surface area contributed by atoms with Crippen LogP contribution in [0.1, 0.15) is 33.3 Å². The standard InChI is InChI=1S/C14H19NO/c1-5-7-13(16)15-12-9-6-8-11(10-12)14(2,3)4/h5-10H,1-4H3,(H,15,16)/b7-5+. The quantitative estimate of drug-likeness (QED) is 0.755. The summed E-state index contributed by atoms with van der Waals surface area (Å²) in [5, 5.41) is 2.83. The molecular weight excluding hydrogens is 198 g/mol. The number of hydrogen-bond donors (Lipinski definition) is 1. The summed E-state index contributed by atoms with van der Waals surface area (Å²) in [5.74, 6) is -0.0893. The SMILES string of the molecule is C/C=C/C(=O)Nc1cccc(C(C)(C)C)c1. The fraction of sp³-hybridized carbons (Fsp3) is 0.357. The second-order valence-corrected chi connectivity index (χ2v) is 4.82. The van der Waals surface area contributed by atoms with Crippen molar-refractivity contribution in [2.24, 2.45) is 0 Å². The molecule has 2 heteroatoms. The molecule has 1 N–H and O–H groups in total. The van der Waals surface area contributed by atoms with Gasteiger partial charge in [0, 0.05) is 5.69 Å². The average Bonchev–Trinajstić information content (AvgIpc) is 2.17. The van der Waals surface area contributed by atoms with E-state index >= 15 is 0 Å². The third-order valence-corrected chi connectivity index (χ3v) is 2.31. The average molecular weight is 217 g/mol. The zero-order valence-corrected chi connectivity index (χ0v) is 10.4. The Morgan fingerprint density at radius 2 is 2.00 bits per heavy atom. The lowest BCUT2D eigenvalue weighted by Crippen LogP contribution is -2.13. The lowest BCUT2D eigenvalue weighted by atomic mass is 9.87. The molecule has 0 bridgehead atoms. The van der Waals surface area contributed by atoms with Gasteiger partial charge >= 0.3 is 0 Å². The third-order valence-electron chi connectivity index (χ3n) is 2.31. The van der Waals surface area contributed by atoms with Crippen LogP contribution in [0.15, 0.2) is 36.4 Å². The number of carbonyl (C=O) groups is 1. The largest absolute Gasteiger partial charge is 0.323 e. The van der Waals surface area contributed by atoms with Crippen LogP contribution in [-0.2, 0) is 10.2 Å². The number of anilines is 1. The van der Waals surface area contributed by atoms with Crippen molar-refractivity contribution >= 4 is 11.6 Å². The number of nitrogens with one attached hydrogen (secondary N) is 1. The first-order chi connectivity index (χ1) is 7.43. The van der Waals surface area contributed by atoms with Crippen molar-refractivity contribution in [3.8, 4) is 0 Å². The summed E-state index contributed by atoms with van der Waals surface area (Å²) in [6.07, 6.45) is 3.24. The van der Waals surface area contributed by atoms with Gasteiger partial charge in [0.2, 0.25) is 5.91 Å². The van der Waals surface area contributed by atoms with Gasteiger partial charge in [-0.2, -0.15) is 0 Å². The molecular formula is C14H19NO. The van der Waals surface area contributed by atoms with Gasteiger partial charge in [-0.3, -0.25) is 4.79 Å². The van der Waals surface area contributed by atoms with E-state index in [9.17, 15) is 4.79 Å². The van der Waals surface area contributed by atoms with Gasteiger partial charge in [0.05, 0.1) is 0 Å². The highest BCUT2D eigenvalue weighted by Gasteiger charge is 2.13. The highest BCUT2D eigenvalue weighted by Crippen LogP contribution is 2.24. The molecule has 0 spiro atoms. The molecule has 0 saturated carbocycles. The van der Waals surface area contributed by atoms with Crippen molar-refractivity contribution in [1.82, 2.24) is 0 Å². The van der Waals surface area contributed by atoms with Crippen molar-refractivity contribution in [2.45, 2.75) is 33.1 Å². The molecule has 2 nitrogen and oxygen atoms in total. The normalized spacial score (nSPS) is 11.8. The van der Waals surface area contributed by atoms with Gasteiger partial charge in [0.15, 0.2) is 0 Å². The smallest absolute Gasteiger partial charge is 0.248 e. The van der Waals surface area contributed by atoms with Gasteiger partial charge in [0.1, 0.15) is 0 Å². The van der Waals surface area contributed by atoms with Crippen molar-refractivity contribution in [1.29, 1.82) is 0 Å². The van der Waals surface area contributed by atoms with Gasteiger partial charge < -0.3 is 5.32 Å². The lowest BCUT2D eigenvalue weighted by Gasteiger charge is -2.19. The van der Waals surface area contributed by atoms with Gasteiger partial charge in [-0.05, 0) is 36.1 Å². The van der Waals surface area contributed by atoms with E-state index in [1.807, 2.05) is 25.1 Å². The summed E-state index contributed by atoms with van der Waals surface area (Å²) in [6, 6.07) is 7.95. The van der Waals surface area contributed by atoms with E-state index in [-0.39, 0.29) is 11.3 Å². The van der Waals surface area contributed by atoms with Crippen molar-refractivity contribution in [3.05, 3.63) is 42.0 Å². The van der Waals surface area contributed by atoms with Gasteiger partial charge in [0.25, 0.3) is 0 Å². The Labute approximate surface area is 97.4 Å². The lowest BCUT2D eigenvalue weighted by molar-refractivity contribution is -0.111. The van der Waals surface area contributed by atoms with Crippen LogP contribution in [0.2, 0.25) is 0 Å². The number of benzene rings is 1. The first-order valence-electron chi connectivity index (χ1n) is 5.47. The minimum absolute atomic E-state index is 0.0893. The molecule has 16 heavy (non-hydrogen) atoms. The van der Waals surface area contributed by atoms with E-state index in [1.165, 1.54) is 11.6 Å². The molecule has 1 rings (SSSR count). The molecule has 0 fully saturated rings. The number of allylic oxidation sites excluding steroid dienone is 1. The molecule has 1 aromatic rings. The molecule has 1 aromatic carbocycles. The maximum absolute atomic E-state index is 11.4. The van der Waals surface area contributed by atoms with Gasteiger partial charge in [-0.25, -0.2) is 0 Å². The first kappa shape index (κ1) is 12.5. The van der Waals surface area contributed by atoms with Crippen LogP contribution in [0.25, 0.3) is 0 Å². The van der Waals surface area contributed by atoms with E-state index in [0.29, 0.717) is 0 Å². The Kier molecular flexibility index (Phi) is 3.88. The molecule has 0 aliphatic heterocycles. The van der Waals surface area contributed by atoms with E-state index in [0.717, 1.165) is 5.69 Å². The zero-order chi connectivity index (χ0) is 12.2. The minimum atomic E-state index is -0.0893. The molecule has 86 valence electrons. The Morgan fingerprint density at radius 1 is 1.31 bits per heavy atom. The third kappa shape index (κ3) is 3.54. The van der Waals surface area contributed by atoms with Crippen LogP contribution >= 0.6 is 0 Å². The fourth-order valence-electron chi connectivity index (χ4n) is 1.40. The molecule has 0 saturated heterocycles. The summed E-state index contributed by atoms with van der Waals surface area (Å²) in [6.45, 7) is 8.28. The van der Waals surface area contributed by atoms with Crippen LogP contribution < -0.4 is 5.32 Å². The minimum Gasteiger partial charge on any atom is -0.323 e. The first-order valence-corrected chi connectivity index (χ1v) is 5.47. The monoisotopic (exact) mass is 217 g/mol. The summed E-state index contributed by atoms with van der Waals surface area (Å²) < 4.78 is 0. The number of carbonyl (C=O) groups excluding carboxylic acids is 1. The van der Waals surface area contributed by atoms with Crippen molar-refractivity contribution < 1.29 is 4.79 Å². The maximum Gasteiger partial charge on any atom is 0.248 e. The molecule has 0 heterocycles. The zero-order valence-electron chi connectivity index (χ0n) is 10.4. The number of amides is 1. The summed E-state index contributed by atoms with van der Waals surface area (Å²) in [7, 11) is 0. The van der Waals surface area contributed by atoms with Crippen molar-refractivity contribution in [2.75, 3.05) is 5.32 Å².